The summed E-state index contributed by atoms with van der Waals surface area (Å²) < 4.78 is 0. The van der Waals surface area contributed by atoms with Gasteiger partial charge in [0, 0.05) is 5.92 Å². The Bertz CT molecular complexity index is 397. The summed E-state index contributed by atoms with van der Waals surface area (Å²) in [6.07, 6.45) is 0.832. The van der Waals surface area contributed by atoms with Crippen LogP contribution in [0.4, 0.5) is 0 Å². The van der Waals surface area contributed by atoms with Crippen LogP contribution in [-0.4, -0.2) is 0 Å². The van der Waals surface area contributed by atoms with Crippen LogP contribution in [0.5, 0.6) is 0 Å². The molecule has 0 amide bonds. The fraction of sp³-hybridized carbons (Fsp3) is 0.333. The highest BCUT2D eigenvalue weighted by Gasteiger charge is 2.42. The van der Waals surface area contributed by atoms with Gasteiger partial charge in [-0.1, -0.05) is 30.3 Å². The van der Waals surface area contributed by atoms with E-state index in [0.29, 0.717) is 0 Å². The van der Waals surface area contributed by atoms with Crippen LogP contribution >= 0.6 is 0 Å². The van der Waals surface area contributed by atoms with Gasteiger partial charge in [0.05, 0.1) is 24.0 Å². The highest BCUT2D eigenvalue weighted by atomic mass is 14.5. The molecular weight excluding hydrogens is 172 g/mol. The second-order valence-corrected chi connectivity index (χ2v) is 3.64. The van der Waals surface area contributed by atoms with Gasteiger partial charge in [-0.3, -0.25) is 0 Å². The van der Waals surface area contributed by atoms with Crippen molar-refractivity contribution in [2.24, 2.45) is 11.8 Å². The van der Waals surface area contributed by atoms with Gasteiger partial charge in [-0.2, -0.15) is 10.5 Å². The second-order valence-electron chi connectivity index (χ2n) is 3.64. The third kappa shape index (κ3) is 1.26. The molecule has 0 N–H and O–H groups in total. The maximum absolute atomic E-state index is 8.92. The smallest absolute Gasteiger partial charge is 0.0690 e. The van der Waals surface area contributed by atoms with Crippen molar-refractivity contribution in [1.82, 2.24) is 0 Å². The van der Waals surface area contributed by atoms with E-state index in [4.69, 9.17) is 10.5 Å². The highest BCUT2D eigenvalue weighted by molar-refractivity contribution is 5.28. The summed E-state index contributed by atoms with van der Waals surface area (Å²) in [5, 5.41) is 17.7. The van der Waals surface area contributed by atoms with Gasteiger partial charge in [-0.25, -0.2) is 0 Å². The van der Waals surface area contributed by atoms with Crippen LogP contribution in [0.1, 0.15) is 17.9 Å². The van der Waals surface area contributed by atoms with E-state index in [1.165, 1.54) is 5.56 Å². The molecule has 1 saturated carbocycles. The minimum atomic E-state index is -0.109. The molecule has 2 heteroatoms. The largest absolute Gasteiger partial charge is 0.198 e. The summed E-state index contributed by atoms with van der Waals surface area (Å²) in [4.78, 5) is 0. The Kier molecular flexibility index (Phi) is 2.21. The quantitative estimate of drug-likeness (QED) is 0.669. The van der Waals surface area contributed by atoms with E-state index in [-0.39, 0.29) is 17.8 Å². The minimum absolute atomic E-state index is 0.0646. The number of rotatable bonds is 1. The van der Waals surface area contributed by atoms with Crippen LogP contribution in [0.3, 0.4) is 0 Å². The van der Waals surface area contributed by atoms with Crippen LogP contribution in [0.25, 0.3) is 0 Å². The van der Waals surface area contributed by atoms with Gasteiger partial charge >= 0.3 is 0 Å². The average Bonchev–Trinajstić information content (AvgIpc) is 2.19. The van der Waals surface area contributed by atoms with Crippen molar-refractivity contribution in [3.05, 3.63) is 35.9 Å². The van der Waals surface area contributed by atoms with Gasteiger partial charge in [0.1, 0.15) is 0 Å². The predicted octanol–water partition coefficient (Wildman–Crippen LogP) is 2.45. The first-order valence-corrected chi connectivity index (χ1v) is 4.71. The molecule has 1 aliphatic carbocycles. The van der Waals surface area contributed by atoms with Gasteiger partial charge in [0.25, 0.3) is 0 Å². The van der Waals surface area contributed by atoms with E-state index in [2.05, 4.69) is 12.1 Å². The molecule has 68 valence electrons. The highest BCUT2D eigenvalue weighted by Crippen LogP contribution is 2.46. The summed E-state index contributed by atoms with van der Waals surface area (Å²) in [7, 11) is 0. The van der Waals surface area contributed by atoms with Gasteiger partial charge in [0.15, 0.2) is 0 Å². The molecule has 0 aromatic heterocycles. The molecule has 14 heavy (non-hydrogen) atoms. The van der Waals surface area contributed by atoms with Crippen molar-refractivity contribution >= 4 is 0 Å². The zero-order valence-electron chi connectivity index (χ0n) is 7.72. The first-order valence-electron chi connectivity index (χ1n) is 4.71. The number of nitriles is 2. The van der Waals surface area contributed by atoms with E-state index < -0.39 is 0 Å². The van der Waals surface area contributed by atoms with E-state index in [1.54, 1.807) is 0 Å². The van der Waals surface area contributed by atoms with Crippen molar-refractivity contribution < 1.29 is 0 Å². The van der Waals surface area contributed by atoms with Gasteiger partial charge in [0.2, 0.25) is 0 Å². The summed E-state index contributed by atoms with van der Waals surface area (Å²) in [5.74, 6) is 0.0958. The molecule has 0 radical (unpaired) electrons. The Labute approximate surface area is 83.4 Å². The zero-order chi connectivity index (χ0) is 9.97. The second kappa shape index (κ2) is 3.52. The zero-order valence-corrected chi connectivity index (χ0v) is 7.72. The maximum atomic E-state index is 8.92. The van der Waals surface area contributed by atoms with Gasteiger partial charge in [-0.05, 0) is 12.0 Å². The molecule has 1 aromatic carbocycles. The number of benzene rings is 1. The molecular formula is C12H10N2. The van der Waals surface area contributed by atoms with Crippen molar-refractivity contribution in [1.29, 1.82) is 10.5 Å². The standard InChI is InChI=1S/C12H10N2/c13-7-10-6-11(12(10)8-14)9-4-2-1-3-5-9/h1-5,10-12H,6H2/t10-,11?,12+/m0/s1. The normalized spacial score (nSPS) is 29.7. The van der Waals surface area contributed by atoms with Crippen LogP contribution in [-0.2, 0) is 0 Å². The Balaban J connectivity index is 2.18. The SMILES string of the molecule is N#C[C@@H]1CC(c2ccccc2)[C@@H]1C#N. The summed E-state index contributed by atoms with van der Waals surface area (Å²) in [6, 6.07) is 14.4. The Hall–Kier alpha value is -1.80. The van der Waals surface area contributed by atoms with E-state index >= 15 is 0 Å². The van der Waals surface area contributed by atoms with E-state index in [1.807, 2.05) is 30.3 Å². The first kappa shape index (κ1) is 8.78. The van der Waals surface area contributed by atoms with Gasteiger partial charge in [-0.15, -0.1) is 0 Å². The van der Waals surface area contributed by atoms with Gasteiger partial charge < -0.3 is 0 Å². The fourth-order valence-electron chi connectivity index (χ4n) is 2.01. The Morgan fingerprint density at radius 1 is 1.07 bits per heavy atom. The molecule has 1 aliphatic rings. The van der Waals surface area contributed by atoms with E-state index in [0.717, 1.165) is 6.42 Å². The summed E-state index contributed by atoms with van der Waals surface area (Å²) in [5.41, 5.74) is 1.19. The van der Waals surface area contributed by atoms with Crippen LogP contribution in [0.15, 0.2) is 30.3 Å². The van der Waals surface area contributed by atoms with Crippen LogP contribution < -0.4 is 0 Å². The molecule has 1 unspecified atom stereocenters. The van der Waals surface area contributed by atoms with Crippen molar-refractivity contribution in [3.8, 4) is 12.1 Å². The minimum Gasteiger partial charge on any atom is -0.198 e. The number of hydrogen-bond donors (Lipinski definition) is 0. The first-order chi connectivity index (χ1) is 6.86. The fourth-order valence-corrected chi connectivity index (χ4v) is 2.01. The lowest BCUT2D eigenvalue weighted by Crippen LogP contribution is -2.32. The molecule has 2 nitrogen and oxygen atoms in total. The molecule has 1 aromatic rings. The lowest BCUT2D eigenvalue weighted by molar-refractivity contribution is 0.244. The third-order valence-corrected chi connectivity index (χ3v) is 2.92. The Morgan fingerprint density at radius 3 is 2.36 bits per heavy atom. The van der Waals surface area contributed by atoms with E-state index in [9.17, 15) is 0 Å². The number of nitrogens with zero attached hydrogens (tertiary/aromatic N) is 2. The van der Waals surface area contributed by atoms with Crippen LogP contribution in [0.2, 0.25) is 0 Å². The van der Waals surface area contributed by atoms with Crippen molar-refractivity contribution in [2.75, 3.05) is 0 Å². The molecule has 0 spiro atoms. The summed E-state index contributed by atoms with van der Waals surface area (Å²) in [6.45, 7) is 0. The monoisotopic (exact) mass is 182 g/mol. The Morgan fingerprint density at radius 2 is 1.79 bits per heavy atom. The molecule has 0 bridgehead atoms. The van der Waals surface area contributed by atoms with Crippen molar-refractivity contribution in [2.45, 2.75) is 12.3 Å². The third-order valence-electron chi connectivity index (χ3n) is 2.92. The molecule has 1 fully saturated rings. The lowest BCUT2D eigenvalue weighted by Gasteiger charge is -2.36. The molecule has 0 heterocycles. The number of hydrogen-bond acceptors (Lipinski definition) is 2. The topological polar surface area (TPSA) is 47.6 Å². The lowest BCUT2D eigenvalue weighted by atomic mass is 9.63. The predicted molar refractivity (Wildman–Crippen MR) is 52.0 cm³/mol. The molecule has 2 rings (SSSR count). The van der Waals surface area contributed by atoms with Crippen LogP contribution in [0, 0.1) is 34.5 Å². The van der Waals surface area contributed by atoms with Crippen molar-refractivity contribution in [3.63, 3.8) is 0 Å². The maximum Gasteiger partial charge on any atom is 0.0690 e. The molecule has 0 saturated heterocycles. The average molecular weight is 182 g/mol. The molecule has 0 aliphatic heterocycles. The summed E-state index contributed by atoms with van der Waals surface area (Å²) >= 11 is 0. The molecule has 3 atom stereocenters.